The Morgan fingerprint density at radius 1 is 1.39 bits per heavy atom. The molecule has 3 rings (SSSR count). The number of hydrogen-bond acceptors (Lipinski definition) is 4. The van der Waals surface area contributed by atoms with Gasteiger partial charge < -0.3 is 10.1 Å². The van der Waals surface area contributed by atoms with Gasteiger partial charge in [-0.15, -0.1) is 0 Å². The summed E-state index contributed by atoms with van der Waals surface area (Å²) in [7, 11) is 1.55. The van der Waals surface area contributed by atoms with Crippen molar-refractivity contribution in [1.29, 1.82) is 0 Å². The molecule has 0 radical (unpaired) electrons. The minimum Gasteiger partial charge on any atom is -0.410 e. The first kappa shape index (κ1) is 15.5. The number of hydrogen-bond donors (Lipinski definition) is 1. The maximum Gasteiger partial charge on any atom is 0.412 e. The predicted molar refractivity (Wildman–Crippen MR) is 88.1 cm³/mol. The van der Waals surface area contributed by atoms with Crippen molar-refractivity contribution in [2.24, 2.45) is 0 Å². The maximum atomic E-state index is 11.4. The first-order valence-electron chi connectivity index (χ1n) is 7.89. The molecule has 0 spiro atoms. The van der Waals surface area contributed by atoms with E-state index in [0.29, 0.717) is 11.8 Å². The van der Waals surface area contributed by atoms with Crippen molar-refractivity contribution in [3.05, 3.63) is 59.9 Å². The second-order valence-corrected chi connectivity index (χ2v) is 5.70. The molecule has 1 atom stereocenters. The lowest BCUT2D eigenvalue weighted by Crippen LogP contribution is -2.23. The number of ether oxygens (including phenoxy) is 1. The topological polar surface area (TPSA) is 54.5 Å². The van der Waals surface area contributed by atoms with Gasteiger partial charge in [0.15, 0.2) is 0 Å². The molecule has 120 valence electrons. The highest BCUT2D eigenvalue weighted by atomic mass is 16.5. The van der Waals surface area contributed by atoms with Gasteiger partial charge in [0.05, 0.1) is 0 Å². The molecule has 5 heteroatoms. The standard InChI is InChI=1S/C18H21N3O2/c1-19-18(22)23-16-7-2-6-15(11-16)17-8-4-10-21(17)13-14-5-3-9-20-12-14/h2-3,5-7,9,11-12,17H,4,8,10,13H2,1H3,(H,19,22). The van der Waals surface area contributed by atoms with Crippen LogP contribution in [-0.2, 0) is 6.54 Å². The fourth-order valence-corrected chi connectivity index (χ4v) is 3.06. The van der Waals surface area contributed by atoms with Crippen LogP contribution in [0.3, 0.4) is 0 Å². The molecule has 1 unspecified atom stereocenters. The SMILES string of the molecule is CNC(=O)Oc1cccc(C2CCCN2Cc2cccnc2)c1. The molecule has 0 bridgehead atoms. The molecular weight excluding hydrogens is 290 g/mol. The molecule has 1 amide bonds. The van der Waals surface area contributed by atoms with Crippen LogP contribution in [0.5, 0.6) is 5.75 Å². The largest absolute Gasteiger partial charge is 0.412 e. The predicted octanol–water partition coefficient (Wildman–Crippen LogP) is 3.14. The van der Waals surface area contributed by atoms with Gasteiger partial charge in [0.1, 0.15) is 5.75 Å². The van der Waals surface area contributed by atoms with Gasteiger partial charge in [-0.2, -0.15) is 0 Å². The molecule has 1 aliphatic heterocycles. The molecular formula is C18H21N3O2. The lowest BCUT2D eigenvalue weighted by molar-refractivity contribution is 0.202. The molecule has 2 heterocycles. The van der Waals surface area contributed by atoms with Crippen LogP contribution < -0.4 is 10.1 Å². The number of nitrogens with one attached hydrogen (secondary N) is 1. The van der Waals surface area contributed by atoms with E-state index in [-0.39, 0.29) is 0 Å². The normalized spacial score (nSPS) is 17.9. The Morgan fingerprint density at radius 3 is 3.09 bits per heavy atom. The van der Waals surface area contributed by atoms with E-state index < -0.39 is 6.09 Å². The fourth-order valence-electron chi connectivity index (χ4n) is 3.06. The van der Waals surface area contributed by atoms with E-state index in [2.05, 4.69) is 27.3 Å². The number of benzene rings is 1. The number of rotatable bonds is 4. The van der Waals surface area contributed by atoms with Crippen LogP contribution in [0.25, 0.3) is 0 Å². The van der Waals surface area contributed by atoms with Crippen molar-refractivity contribution >= 4 is 6.09 Å². The molecule has 1 aliphatic rings. The minimum absolute atomic E-state index is 0.350. The van der Waals surface area contributed by atoms with Crippen molar-refractivity contribution in [3.63, 3.8) is 0 Å². The van der Waals surface area contributed by atoms with Gasteiger partial charge in [0, 0.05) is 32.0 Å². The third kappa shape index (κ3) is 3.87. The number of likely N-dealkylation sites (tertiary alicyclic amines) is 1. The van der Waals surface area contributed by atoms with Crippen molar-refractivity contribution < 1.29 is 9.53 Å². The summed E-state index contributed by atoms with van der Waals surface area (Å²) in [6.45, 7) is 1.96. The molecule has 5 nitrogen and oxygen atoms in total. The molecule has 2 aromatic rings. The third-order valence-corrected chi connectivity index (χ3v) is 4.13. The fraction of sp³-hybridized carbons (Fsp3) is 0.333. The van der Waals surface area contributed by atoms with Crippen molar-refractivity contribution in [2.45, 2.75) is 25.4 Å². The quantitative estimate of drug-likeness (QED) is 0.942. The van der Waals surface area contributed by atoms with Gasteiger partial charge in [0.2, 0.25) is 0 Å². The Hall–Kier alpha value is -2.40. The van der Waals surface area contributed by atoms with Crippen LogP contribution in [0.1, 0.15) is 30.0 Å². The molecule has 1 fully saturated rings. The second kappa shape index (κ2) is 7.24. The summed E-state index contributed by atoms with van der Waals surface area (Å²) in [6.07, 6.45) is 5.56. The first-order chi connectivity index (χ1) is 11.3. The number of carbonyl (C=O) groups excluding carboxylic acids is 1. The van der Waals surface area contributed by atoms with Crippen molar-refractivity contribution in [1.82, 2.24) is 15.2 Å². The average molecular weight is 311 g/mol. The van der Waals surface area contributed by atoms with Crippen LogP contribution >= 0.6 is 0 Å². The maximum absolute atomic E-state index is 11.4. The van der Waals surface area contributed by atoms with Crippen molar-refractivity contribution in [3.8, 4) is 5.75 Å². The van der Waals surface area contributed by atoms with Crippen molar-refractivity contribution in [2.75, 3.05) is 13.6 Å². The number of pyridine rings is 1. The number of carbonyl (C=O) groups is 1. The molecule has 0 saturated carbocycles. The molecule has 1 N–H and O–H groups in total. The Bertz CT molecular complexity index is 660. The van der Waals surface area contributed by atoms with Crippen LogP contribution in [0.2, 0.25) is 0 Å². The monoisotopic (exact) mass is 311 g/mol. The molecule has 1 aromatic heterocycles. The number of aromatic nitrogens is 1. The first-order valence-corrected chi connectivity index (χ1v) is 7.89. The van der Waals surface area contributed by atoms with E-state index in [4.69, 9.17) is 4.74 Å². The Kier molecular flexibility index (Phi) is 4.88. The third-order valence-electron chi connectivity index (χ3n) is 4.13. The minimum atomic E-state index is -0.444. The smallest absolute Gasteiger partial charge is 0.410 e. The van der Waals surface area contributed by atoms with Gasteiger partial charge in [0.25, 0.3) is 0 Å². The summed E-state index contributed by atoms with van der Waals surface area (Å²) >= 11 is 0. The van der Waals surface area contributed by atoms with E-state index in [9.17, 15) is 4.79 Å². The van der Waals surface area contributed by atoms with Gasteiger partial charge in [-0.05, 0) is 48.7 Å². The number of nitrogens with zero attached hydrogens (tertiary/aromatic N) is 2. The van der Waals surface area contributed by atoms with Crippen LogP contribution in [-0.4, -0.2) is 29.6 Å². The van der Waals surface area contributed by atoms with Gasteiger partial charge in [-0.1, -0.05) is 18.2 Å². The van der Waals surface area contributed by atoms with Crippen LogP contribution in [0.15, 0.2) is 48.8 Å². The summed E-state index contributed by atoms with van der Waals surface area (Å²) in [5, 5.41) is 2.47. The van der Waals surface area contributed by atoms with Crippen LogP contribution in [0, 0.1) is 0 Å². The summed E-state index contributed by atoms with van der Waals surface area (Å²) in [4.78, 5) is 18.0. The number of amides is 1. The highest BCUT2D eigenvalue weighted by Crippen LogP contribution is 2.34. The van der Waals surface area contributed by atoms with Gasteiger partial charge in [-0.25, -0.2) is 4.79 Å². The molecule has 1 saturated heterocycles. The Labute approximate surface area is 136 Å². The zero-order chi connectivity index (χ0) is 16.1. The molecule has 1 aromatic carbocycles. The highest BCUT2D eigenvalue weighted by molar-refractivity contribution is 5.69. The summed E-state index contributed by atoms with van der Waals surface area (Å²) in [6, 6.07) is 12.2. The molecule has 23 heavy (non-hydrogen) atoms. The average Bonchev–Trinajstić information content (AvgIpc) is 3.04. The summed E-state index contributed by atoms with van der Waals surface area (Å²) in [5.41, 5.74) is 2.41. The van der Waals surface area contributed by atoms with Gasteiger partial charge in [-0.3, -0.25) is 9.88 Å². The molecule has 0 aliphatic carbocycles. The van der Waals surface area contributed by atoms with Gasteiger partial charge >= 0.3 is 6.09 Å². The highest BCUT2D eigenvalue weighted by Gasteiger charge is 2.26. The van der Waals surface area contributed by atoms with Crippen LogP contribution in [0.4, 0.5) is 4.79 Å². The lowest BCUT2D eigenvalue weighted by atomic mass is 10.0. The second-order valence-electron chi connectivity index (χ2n) is 5.70. The van der Waals surface area contributed by atoms with E-state index in [0.717, 1.165) is 19.5 Å². The van der Waals surface area contributed by atoms with E-state index in [1.807, 2.05) is 24.4 Å². The zero-order valence-corrected chi connectivity index (χ0v) is 13.2. The van der Waals surface area contributed by atoms with E-state index in [1.54, 1.807) is 19.3 Å². The zero-order valence-electron chi connectivity index (χ0n) is 13.2. The Balaban J connectivity index is 1.74. The summed E-state index contributed by atoms with van der Waals surface area (Å²) < 4.78 is 5.24. The van der Waals surface area contributed by atoms with E-state index >= 15 is 0 Å². The lowest BCUT2D eigenvalue weighted by Gasteiger charge is -2.25. The Morgan fingerprint density at radius 2 is 2.30 bits per heavy atom. The van der Waals surface area contributed by atoms with E-state index in [1.165, 1.54) is 17.5 Å². The summed E-state index contributed by atoms with van der Waals surface area (Å²) in [5.74, 6) is 0.579.